The van der Waals surface area contributed by atoms with Crippen LogP contribution in [0.1, 0.15) is 6.92 Å². The molecule has 0 aromatic heterocycles. The van der Waals surface area contributed by atoms with E-state index in [9.17, 15) is 33.4 Å². The largest absolute Gasteiger partial charge is 0.329 e. The molecule has 1 rings (SSSR count). The number of nitrogens with zero attached hydrogens (tertiary/aromatic N) is 2. The van der Waals surface area contributed by atoms with Gasteiger partial charge in [-0.05, 0) is 6.92 Å². The van der Waals surface area contributed by atoms with Gasteiger partial charge in [-0.3, -0.25) is 20.2 Å². The van der Waals surface area contributed by atoms with Crippen LogP contribution in [0.15, 0.2) is 22.3 Å². The fraction of sp³-hybridized carbons (Fsp3) is 0.429. The zero-order valence-electron chi connectivity index (χ0n) is 8.12. The second kappa shape index (κ2) is 3.99. The molecule has 0 aliphatic heterocycles. The van der Waals surface area contributed by atoms with Gasteiger partial charge < -0.3 is 0 Å². The molecule has 0 spiro atoms. The van der Waals surface area contributed by atoms with Crippen molar-refractivity contribution in [2.45, 2.75) is 18.8 Å². The van der Waals surface area contributed by atoms with Crippen LogP contribution < -0.4 is 0 Å². The molecule has 0 saturated heterocycles. The Balaban J connectivity index is 3.61. The van der Waals surface area contributed by atoms with E-state index in [-0.39, 0.29) is 0 Å². The van der Waals surface area contributed by atoms with Gasteiger partial charge in [-0.15, -0.1) is 0 Å². The molecule has 94 valence electrons. The van der Waals surface area contributed by atoms with Crippen LogP contribution in [0.2, 0.25) is 0 Å². The monoisotopic (exact) mass is 272 g/mol. The molecule has 0 aromatic rings. The van der Waals surface area contributed by atoms with Crippen molar-refractivity contribution in [1.82, 2.24) is 0 Å². The Bertz CT molecular complexity index is 474. The summed E-state index contributed by atoms with van der Waals surface area (Å²) in [5.74, 6) is -2.08. The van der Waals surface area contributed by atoms with E-state index in [1.54, 1.807) is 0 Å². The van der Waals surface area contributed by atoms with Crippen molar-refractivity contribution in [3.63, 3.8) is 0 Å². The molecular formula is C7H4ClF3N2O4. The normalized spacial score (nSPS) is 29.6. The van der Waals surface area contributed by atoms with Crippen LogP contribution >= 0.6 is 11.6 Å². The van der Waals surface area contributed by atoms with E-state index >= 15 is 0 Å². The van der Waals surface area contributed by atoms with Crippen LogP contribution in [0.25, 0.3) is 0 Å². The van der Waals surface area contributed by atoms with Gasteiger partial charge in [0.1, 0.15) is 0 Å². The van der Waals surface area contributed by atoms with Crippen molar-refractivity contribution in [3.05, 3.63) is 42.5 Å². The molecule has 0 saturated carbocycles. The lowest BCUT2D eigenvalue weighted by Crippen LogP contribution is -2.41. The number of hydrogen-bond acceptors (Lipinski definition) is 4. The Labute approximate surface area is 96.6 Å². The van der Waals surface area contributed by atoms with Crippen molar-refractivity contribution < 1.29 is 23.0 Å². The maximum Gasteiger partial charge on any atom is 0.329 e. The molecule has 1 aliphatic carbocycles. The average Bonchev–Trinajstić information content (AvgIpc) is 2.14. The van der Waals surface area contributed by atoms with Gasteiger partial charge in [-0.1, -0.05) is 11.6 Å². The van der Waals surface area contributed by atoms with Crippen LogP contribution in [0.3, 0.4) is 0 Å². The first-order valence-electron chi connectivity index (χ1n) is 4.04. The molecule has 0 radical (unpaired) electrons. The van der Waals surface area contributed by atoms with Crippen LogP contribution in [0.4, 0.5) is 13.2 Å². The van der Waals surface area contributed by atoms with Gasteiger partial charge in [0.25, 0.3) is 0 Å². The maximum atomic E-state index is 13.5. The number of hydrogen-bond donors (Lipinski definition) is 0. The van der Waals surface area contributed by atoms with E-state index in [1.165, 1.54) is 0 Å². The molecular weight excluding hydrogens is 269 g/mol. The Hall–Kier alpha value is -1.64. The average molecular weight is 273 g/mol. The summed E-state index contributed by atoms with van der Waals surface area (Å²) < 4.78 is 40.2. The molecule has 0 amide bonds. The molecule has 0 N–H and O–H groups in total. The number of allylic oxidation sites excluding steroid dienone is 3. The van der Waals surface area contributed by atoms with Crippen LogP contribution in [0.5, 0.6) is 0 Å². The maximum absolute atomic E-state index is 13.5. The van der Waals surface area contributed by atoms with Gasteiger partial charge in [-0.25, -0.2) is 13.2 Å². The van der Waals surface area contributed by atoms with Crippen LogP contribution in [-0.4, -0.2) is 21.7 Å². The second-order valence-corrected chi connectivity index (χ2v) is 3.69. The molecule has 2 unspecified atom stereocenters. The smallest absolute Gasteiger partial charge is 0.258 e. The second-order valence-electron chi connectivity index (χ2n) is 3.31. The third-order valence-corrected chi connectivity index (χ3v) is 2.54. The van der Waals surface area contributed by atoms with E-state index in [2.05, 4.69) is 0 Å². The highest BCUT2D eigenvalue weighted by molar-refractivity contribution is 6.32. The van der Waals surface area contributed by atoms with E-state index in [4.69, 9.17) is 11.6 Å². The summed E-state index contributed by atoms with van der Waals surface area (Å²) in [7, 11) is 0. The molecule has 0 heterocycles. The van der Waals surface area contributed by atoms with Crippen molar-refractivity contribution >= 4 is 11.6 Å². The highest BCUT2D eigenvalue weighted by atomic mass is 35.5. The zero-order chi connectivity index (χ0) is 13.5. The Morgan fingerprint density at radius 2 is 1.82 bits per heavy atom. The lowest BCUT2D eigenvalue weighted by Gasteiger charge is -2.24. The standard InChI is InChI=1S/C7H4ClF3N2O4/c1-7(11)5(9)3(12(14)15)2(8)4(6(7)10)13(16)17/h5H,1H3. The van der Waals surface area contributed by atoms with E-state index in [0.29, 0.717) is 6.92 Å². The summed E-state index contributed by atoms with van der Waals surface area (Å²) in [6, 6.07) is 0. The minimum Gasteiger partial charge on any atom is -0.258 e. The van der Waals surface area contributed by atoms with Gasteiger partial charge in [0.15, 0.2) is 5.03 Å². The van der Waals surface area contributed by atoms with Gasteiger partial charge in [0.05, 0.1) is 9.85 Å². The first-order valence-corrected chi connectivity index (χ1v) is 4.42. The predicted octanol–water partition coefficient (Wildman–Crippen LogP) is 2.25. The molecule has 0 bridgehead atoms. The zero-order valence-corrected chi connectivity index (χ0v) is 8.87. The number of nitro groups is 2. The van der Waals surface area contributed by atoms with Crippen LogP contribution in [-0.2, 0) is 0 Å². The van der Waals surface area contributed by atoms with E-state index in [0.717, 1.165) is 0 Å². The van der Waals surface area contributed by atoms with Crippen molar-refractivity contribution in [1.29, 1.82) is 0 Å². The Morgan fingerprint density at radius 3 is 2.18 bits per heavy atom. The van der Waals surface area contributed by atoms with Gasteiger partial charge in [0, 0.05) is 0 Å². The quantitative estimate of drug-likeness (QED) is 0.570. The molecule has 17 heavy (non-hydrogen) atoms. The minimum atomic E-state index is -3.50. The summed E-state index contributed by atoms with van der Waals surface area (Å²) >= 11 is 5.15. The van der Waals surface area contributed by atoms with Gasteiger partial charge >= 0.3 is 11.4 Å². The highest BCUT2D eigenvalue weighted by Crippen LogP contribution is 2.44. The lowest BCUT2D eigenvalue weighted by molar-refractivity contribution is -0.448. The van der Waals surface area contributed by atoms with Gasteiger partial charge in [-0.2, -0.15) is 0 Å². The Morgan fingerprint density at radius 1 is 1.35 bits per heavy atom. The number of halogens is 4. The SMILES string of the molecule is CC1(F)C(F)=C([N+](=O)[O-])C(Cl)=C([N+](=O)[O-])C1F. The highest BCUT2D eigenvalue weighted by Gasteiger charge is 2.57. The molecule has 6 nitrogen and oxygen atoms in total. The van der Waals surface area contributed by atoms with Crippen molar-refractivity contribution in [2.75, 3.05) is 0 Å². The molecule has 0 fully saturated rings. The summed E-state index contributed by atoms with van der Waals surface area (Å²) in [5, 5.41) is 19.5. The molecule has 2 atom stereocenters. The first kappa shape index (κ1) is 13.4. The summed E-state index contributed by atoms with van der Waals surface area (Å²) in [4.78, 5) is 18.0. The predicted molar refractivity (Wildman–Crippen MR) is 49.4 cm³/mol. The first-order chi connectivity index (χ1) is 7.62. The molecule has 10 heteroatoms. The summed E-state index contributed by atoms with van der Waals surface area (Å²) in [6.07, 6.45) is -3.02. The van der Waals surface area contributed by atoms with Crippen molar-refractivity contribution in [2.24, 2.45) is 0 Å². The third-order valence-electron chi connectivity index (χ3n) is 2.17. The fourth-order valence-electron chi connectivity index (χ4n) is 1.26. The summed E-state index contributed by atoms with van der Waals surface area (Å²) in [6.45, 7) is 0.323. The van der Waals surface area contributed by atoms with Crippen molar-refractivity contribution in [3.8, 4) is 0 Å². The van der Waals surface area contributed by atoms with E-state index in [1.807, 2.05) is 0 Å². The topological polar surface area (TPSA) is 86.3 Å². The third kappa shape index (κ3) is 1.86. The lowest BCUT2D eigenvalue weighted by atomic mass is 9.92. The number of alkyl halides is 2. The molecule has 1 aliphatic rings. The fourth-order valence-corrected chi connectivity index (χ4v) is 1.58. The van der Waals surface area contributed by atoms with Gasteiger partial charge in [0.2, 0.25) is 17.7 Å². The summed E-state index contributed by atoms with van der Waals surface area (Å²) in [5.41, 5.74) is -6.69. The van der Waals surface area contributed by atoms with E-state index < -0.39 is 43.9 Å². The minimum absolute atomic E-state index is 0.323. The molecule has 0 aromatic carbocycles. The Kier molecular flexibility index (Phi) is 3.15. The van der Waals surface area contributed by atoms with Crippen LogP contribution in [0, 0.1) is 20.2 Å². The number of rotatable bonds is 2.